The van der Waals surface area contributed by atoms with Crippen molar-refractivity contribution in [3.63, 3.8) is 0 Å². The van der Waals surface area contributed by atoms with Crippen LogP contribution in [-0.2, 0) is 6.18 Å². The average Bonchev–Trinajstić information content (AvgIpc) is 2.76. The number of aromatic nitrogens is 2. The van der Waals surface area contributed by atoms with Gasteiger partial charge in [0.2, 0.25) is 0 Å². The third-order valence-corrected chi connectivity index (χ3v) is 2.73. The van der Waals surface area contributed by atoms with E-state index >= 15 is 0 Å². The first-order valence-electron chi connectivity index (χ1n) is 5.06. The van der Waals surface area contributed by atoms with Crippen LogP contribution in [0.3, 0.4) is 0 Å². The van der Waals surface area contributed by atoms with E-state index in [1.807, 2.05) is 0 Å². The van der Waals surface area contributed by atoms with Crippen LogP contribution in [0.2, 0.25) is 5.02 Å². The van der Waals surface area contributed by atoms with Gasteiger partial charge in [0, 0.05) is 6.20 Å². The Kier molecular flexibility index (Phi) is 3.23. The second-order valence-corrected chi connectivity index (χ2v) is 4.13. The lowest BCUT2D eigenvalue weighted by Gasteiger charge is -2.09. The number of nitrogen functional groups attached to an aromatic ring is 1. The third-order valence-electron chi connectivity index (χ3n) is 2.42. The molecule has 0 atom stereocenters. The van der Waals surface area contributed by atoms with Crippen LogP contribution in [0, 0.1) is 5.41 Å². The summed E-state index contributed by atoms with van der Waals surface area (Å²) in [7, 11) is 0. The molecule has 3 N–H and O–H groups in total. The molecule has 0 saturated heterocycles. The summed E-state index contributed by atoms with van der Waals surface area (Å²) < 4.78 is 38.5. The van der Waals surface area contributed by atoms with E-state index in [-0.39, 0.29) is 22.1 Å². The number of halogens is 4. The molecule has 8 heteroatoms. The fraction of sp³-hybridized carbons (Fsp3) is 0.0909. The van der Waals surface area contributed by atoms with Crippen LogP contribution >= 0.6 is 11.6 Å². The van der Waals surface area contributed by atoms with Gasteiger partial charge in [-0.05, 0) is 12.1 Å². The molecule has 0 fully saturated rings. The van der Waals surface area contributed by atoms with Crippen molar-refractivity contribution in [2.45, 2.75) is 6.18 Å². The molecule has 100 valence electrons. The van der Waals surface area contributed by atoms with Crippen molar-refractivity contribution in [2.24, 2.45) is 5.73 Å². The van der Waals surface area contributed by atoms with E-state index in [2.05, 4.69) is 5.10 Å². The summed E-state index contributed by atoms with van der Waals surface area (Å²) in [6.45, 7) is 0. The Morgan fingerprint density at radius 1 is 1.37 bits per heavy atom. The molecule has 2 rings (SSSR count). The number of rotatable bonds is 2. The predicted molar refractivity (Wildman–Crippen MR) is 64.6 cm³/mol. The molecule has 0 spiro atoms. The molecule has 19 heavy (non-hydrogen) atoms. The van der Waals surface area contributed by atoms with Gasteiger partial charge in [0.05, 0.1) is 28.0 Å². The summed E-state index contributed by atoms with van der Waals surface area (Å²) in [5.74, 6) is -0.343. The number of alkyl halides is 3. The maximum Gasteiger partial charge on any atom is 0.419 e. The Balaban J connectivity index is 2.57. The first kappa shape index (κ1) is 13.4. The molecule has 0 radical (unpaired) electrons. The van der Waals surface area contributed by atoms with E-state index in [9.17, 15) is 13.2 Å². The van der Waals surface area contributed by atoms with E-state index in [4.69, 9.17) is 22.7 Å². The molecule has 1 aromatic carbocycles. The maximum atomic E-state index is 12.5. The largest absolute Gasteiger partial charge is 0.419 e. The minimum atomic E-state index is -4.48. The molecule has 4 nitrogen and oxygen atoms in total. The number of hydrogen-bond donors (Lipinski definition) is 2. The van der Waals surface area contributed by atoms with Gasteiger partial charge >= 0.3 is 6.18 Å². The highest BCUT2D eigenvalue weighted by Gasteiger charge is 2.32. The standard InChI is InChI=1S/C11H8ClF3N4/c12-7-2-1-3-8(9(7)10(16)17)19-5-6(4-18-19)11(13,14)15/h1-5H,(H3,16,17). The lowest BCUT2D eigenvalue weighted by Crippen LogP contribution is -2.15. The quantitative estimate of drug-likeness (QED) is 0.659. The van der Waals surface area contributed by atoms with Crippen molar-refractivity contribution in [1.29, 1.82) is 5.41 Å². The van der Waals surface area contributed by atoms with Crippen LogP contribution in [0.1, 0.15) is 11.1 Å². The minimum Gasteiger partial charge on any atom is -0.384 e. The van der Waals surface area contributed by atoms with Gasteiger partial charge in [-0.1, -0.05) is 17.7 Å². The van der Waals surface area contributed by atoms with Crippen molar-refractivity contribution in [1.82, 2.24) is 9.78 Å². The van der Waals surface area contributed by atoms with E-state index in [1.165, 1.54) is 12.1 Å². The fourth-order valence-corrected chi connectivity index (χ4v) is 1.84. The van der Waals surface area contributed by atoms with Gasteiger partial charge in [-0.3, -0.25) is 5.41 Å². The lowest BCUT2D eigenvalue weighted by atomic mass is 10.1. The molecule has 1 aromatic heterocycles. The van der Waals surface area contributed by atoms with Gasteiger partial charge in [0.1, 0.15) is 5.84 Å². The van der Waals surface area contributed by atoms with E-state index in [1.54, 1.807) is 6.07 Å². The second kappa shape index (κ2) is 4.58. The van der Waals surface area contributed by atoms with Gasteiger partial charge < -0.3 is 5.73 Å². The van der Waals surface area contributed by atoms with Crippen LogP contribution < -0.4 is 5.73 Å². The van der Waals surface area contributed by atoms with Crippen molar-refractivity contribution in [3.05, 3.63) is 46.7 Å². The Labute approximate surface area is 111 Å². The van der Waals surface area contributed by atoms with E-state index < -0.39 is 11.7 Å². The highest BCUT2D eigenvalue weighted by atomic mass is 35.5. The monoisotopic (exact) mass is 288 g/mol. The van der Waals surface area contributed by atoms with Gasteiger partial charge in [-0.2, -0.15) is 18.3 Å². The van der Waals surface area contributed by atoms with E-state index in [0.29, 0.717) is 6.20 Å². The van der Waals surface area contributed by atoms with Crippen LogP contribution in [-0.4, -0.2) is 15.6 Å². The van der Waals surface area contributed by atoms with Crippen molar-refractivity contribution in [2.75, 3.05) is 0 Å². The summed E-state index contributed by atoms with van der Waals surface area (Å²) in [4.78, 5) is 0. The molecular formula is C11H8ClF3N4. The van der Waals surface area contributed by atoms with Crippen molar-refractivity contribution in [3.8, 4) is 5.69 Å². The summed E-state index contributed by atoms with van der Waals surface area (Å²) in [5.41, 5.74) is 4.85. The SMILES string of the molecule is N=C(N)c1c(Cl)cccc1-n1cc(C(F)(F)F)cn1. The van der Waals surface area contributed by atoms with Gasteiger partial charge in [0.25, 0.3) is 0 Å². The van der Waals surface area contributed by atoms with Crippen LogP contribution in [0.4, 0.5) is 13.2 Å². The van der Waals surface area contributed by atoms with Crippen LogP contribution in [0.25, 0.3) is 5.69 Å². The van der Waals surface area contributed by atoms with Crippen molar-refractivity contribution < 1.29 is 13.2 Å². The normalized spacial score (nSPS) is 11.6. The summed E-state index contributed by atoms with van der Waals surface area (Å²) in [5, 5.41) is 11.2. The number of benzene rings is 1. The molecule has 1 heterocycles. The average molecular weight is 289 g/mol. The minimum absolute atomic E-state index is 0.140. The molecule has 0 unspecified atom stereocenters. The summed E-state index contributed by atoms with van der Waals surface area (Å²) in [6.07, 6.45) is -2.96. The predicted octanol–water partition coefficient (Wildman–Crippen LogP) is 2.83. The number of hydrogen-bond acceptors (Lipinski definition) is 2. The van der Waals surface area contributed by atoms with Gasteiger partial charge in [-0.15, -0.1) is 0 Å². The van der Waals surface area contributed by atoms with Gasteiger partial charge in [-0.25, -0.2) is 4.68 Å². The fourth-order valence-electron chi connectivity index (χ4n) is 1.57. The molecular weight excluding hydrogens is 281 g/mol. The maximum absolute atomic E-state index is 12.5. The Morgan fingerprint density at radius 2 is 2.05 bits per heavy atom. The molecule has 0 aliphatic carbocycles. The Bertz CT molecular complexity index is 633. The first-order chi connectivity index (χ1) is 8.80. The van der Waals surface area contributed by atoms with E-state index in [0.717, 1.165) is 10.9 Å². The number of nitrogens with one attached hydrogen (secondary N) is 1. The number of nitrogens with zero attached hydrogens (tertiary/aromatic N) is 2. The van der Waals surface area contributed by atoms with Crippen LogP contribution in [0.15, 0.2) is 30.6 Å². The van der Waals surface area contributed by atoms with Crippen LogP contribution in [0.5, 0.6) is 0 Å². The zero-order chi connectivity index (χ0) is 14.2. The molecule has 0 aliphatic heterocycles. The zero-order valence-corrected chi connectivity index (χ0v) is 10.1. The Morgan fingerprint density at radius 3 is 2.58 bits per heavy atom. The highest BCUT2D eigenvalue weighted by Crippen LogP contribution is 2.30. The summed E-state index contributed by atoms with van der Waals surface area (Å²) >= 11 is 5.89. The smallest absolute Gasteiger partial charge is 0.384 e. The first-order valence-corrected chi connectivity index (χ1v) is 5.43. The van der Waals surface area contributed by atoms with Gasteiger partial charge in [0.15, 0.2) is 0 Å². The molecule has 0 bridgehead atoms. The molecule has 0 amide bonds. The third kappa shape index (κ3) is 2.55. The summed E-state index contributed by atoms with van der Waals surface area (Å²) in [6, 6.07) is 4.52. The highest BCUT2D eigenvalue weighted by molar-refractivity contribution is 6.34. The molecule has 0 saturated carbocycles. The Hall–Kier alpha value is -2.02. The second-order valence-electron chi connectivity index (χ2n) is 3.72. The number of nitrogens with two attached hydrogens (primary N) is 1. The van der Waals surface area contributed by atoms with Crippen molar-refractivity contribution >= 4 is 17.4 Å². The lowest BCUT2D eigenvalue weighted by molar-refractivity contribution is -0.137. The molecule has 2 aromatic rings. The topological polar surface area (TPSA) is 67.7 Å². The molecule has 0 aliphatic rings. The number of amidine groups is 1. The zero-order valence-electron chi connectivity index (χ0n) is 9.37.